The number of halogens is 1. The van der Waals surface area contributed by atoms with Gasteiger partial charge in [0.1, 0.15) is 0 Å². The second kappa shape index (κ2) is 5.89. The number of carbonyl (C=O) groups is 1. The van der Waals surface area contributed by atoms with Crippen molar-refractivity contribution in [3.63, 3.8) is 0 Å². The van der Waals surface area contributed by atoms with Gasteiger partial charge in [-0.05, 0) is 30.2 Å². The van der Waals surface area contributed by atoms with Gasteiger partial charge in [0.25, 0.3) is 0 Å². The molecule has 16 heavy (non-hydrogen) atoms. The maximum atomic E-state index is 11.2. The number of rotatable bonds is 5. The number of aliphatic carboxylic acids is 1. The van der Waals surface area contributed by atoms with Gasteiger partial charge in [0, 0.05) is 10.2 Å². The van der Waals surface area contributed by atoms with E-state index in [0.29, 0.717) is 17.7 Å². The fraction of sp³-hybridized carbons (Fsp3) is 0.417. The van der Waals surface area contributed by atoms with Crippen LogP contribution in [0.1, 0.15) is 37.7 Å². The van der Waals surface area contributed by atoms with Crippen molar-refractivity contribution < 1.29 is 9.90 Å². The first kappa shape index (κ1) is 13.0. The van der Waals surface area contributed by atoms with Crippen LogP contribution in [0.2, 0.25) is 0 Å². The van der Waals surface area contributed by atoms with Crippen molar-refractivity contribution in [1.82, 2.24) is 0 Å². The Labute approximate surface area is 104 Å². The molecule has 4 heteroatoms. The molecule has 0 aliphatic carbocycles. The fourth-order valence-corrected chi connectivity index (χ4v) is 2.05. The molecule has 0 radical (unpaired) electrons. The minimum absolute atomic E-state index is 0.502. The van der Waals surface area contributed by atoms with Crippen molar-refractivity contribution in [3.05, 3.63) is 28.2 Å². The second-order valence-electron chi connectivity index (χ2n) is 3.81. The summed E-state index contributed by atoms with van der Waals surface area (Å²) < 4.78 is 0.861. The number of unbranched alkanes of at least 4 members (excludes halogenated alkanes) is 1. The summed E-state index contributed by atoms with van der Waals surface area (Å²) in [5, 5.41) is 9.20. The molecule has 0 spiro atoms. The van der Waals surface area contributed by atoms with E-state index in [1.54, 1.807) is 12.1 Å². The van der Waals surface area contributed by atoms with Gasteiger partial charge in [0.05, 0.1) is 5.92 Å². The Hall–Kier alpha value is -1.03. The summed E-state index contributed by atoms with van der Waals surface area (Å²) in [6.45, 7) is 2.04. The smallest absolute Gasteiger partial charge is 0.311 e. The highest BCUT2D eigenvalue weighted by molar-refractivity contribution is 9.10. The van der Waals surface area contributed by atoms with Crippen molar-refractivity contribution in [3.8, 4) is 0 Å². The van der Waals surface area contributed by atoms with Gasteiger partial charge in [-0.2, -0.15) is 0 Å². The lowest BCUT2D eigenvalue weighted by molar-refractivity contribution is -0.139. The van der Waals surface area contributed by atoms with Crippen LogP contribution in [-0.4, -0.2) is 11.1 Å². The molecular formula is C12H16BrNO2. The van der Waals surface area contributed by atoms with Crippen LogP contribution < -0.4 is 5.73 Å². The summed E-state index contributed by atoms with van der Waals surface area (Å²) >= 11 is 3.33. The van der Waals surface area contributed by atoms with Crippen LogP contribution in [0.25, 0.3) is 0 Å². The fourth-order valence-electron chi connectivity index (χ4n) is 1.67. The molecule has 0 saturated heterocycles. The van der Waals surface area contributed by atoms with E-state index in [0.717, 1.165) is 17.3 Å². The Kier molecular flexibility index (Phi) is 4.80. The van der Waals surface area contributed by atoms with Crippen LogP contribution in [0.3, 0.4) is 0 Å². The molecule has 1 unspecified atom stereocenters. The van der Waals surface area contributed by atoms with Crippen molar-refractivity contribution >= 4 is 27.6 Å². The molecule has 0 heterocycles. The molecule has 1 atom stereocenters. The zero-order valence-electron chi connectivity index (χ0n) is 9.24. The Bertz CT molecular complexity index is 379. The molecular weight excluding hydrogens is 270 g/mol. The summed E-state index contributed by atoms with van der Waals surface area (Å²) in [4.78, 5) is 11.2. The van der Waals surface area contributed by atoms with Crippen LogP contribution in [0.4, 0.5) is 5.69 Å². The van der Waals surface area contributed by atoms with E-state index in [4.69, 9.17) is 5.73 Å². The van der Waals surface area contributed by atoms with Crippen molar-refractivity contribution in [1.29, 1.82) is 0 Å². The molecule has 1 aromatic carbocycles. The molecule has 3 N–H and O–H groups in total. The van der Waals surface area contributed by atoms with Gasteiger partial charge in [-0.1, -0.05) is 35.7 Å². The summed E-state index contributed by atoms with van der Waals surface area (Å²) in [7, 11) is 0. The lowest BCUT2D eigenvalue weighted by Crippen LogP contribution is -2.13. The molecule has 0 aliphatic heterocycles. The summed E-state index contributed by atoms with van der Waals surface area (Å²) in [5.74, 6) is -1.31. The number of hydrogen-bond donors (Lipinski definition) is 2. The highest BCUT2D eigenvalue weighted by atomic mass is 79.9. The van der Waals surface area contributed by atoms with Crippen LogP contribution in [-0.2, 0) is 4.79 Å². The molecule has 1 rings (SSSR count). The number of carboxylic acid groups (broad SMARTS) is 1. The molecule has 3 nitrogen and oxygen atoms in total. The minimum atomic E-state index is -0.807. The second-order valence-corrected chi connectivity index (χ2v) is 4.72. The standard InChI is InChI=1S/C12H16BrNO2/c1-2-3-4-9(12(15)16)10-7-8(13)5-6-11(10)14/h5-7,9H,2-4,14H2,1H3,(H,15,16). The maximum Gasteiger partial charge on any atom is 0.311 e. The minimum Gasteiger partial charge on any atom is -0.481 e. The largest absolute Gasteiger partial charge is 0.481 e. The number of nitrogen functional groups attached to an aromatic ring is 1. The average molecular weight is 286 g/mol. The Morgan fingerprint density at radius 2 is 2.25 bits per heavy atom. The van der Waals surface area contributed by atoms with E-state index in [1.165, 1.54) is 0 Å². The zero-order valence-corrected chi connectivity index (χ0v) is 10.8. The van der Waals surface area contributed by atoms with Gasteiger partial charge in [-0.25, -0.2) is 0 Å². The van der Waals surface area contributed by atoms with Crippen molar-refractivity contribution in [2.24, 2.45) is 0 Å². The zero-order chi connectivity index (χ0) is 12.1. The molecule has 0 aromatic heterocycles. The normalized spacial score (nSPS) is 12.4. The van der Waals surface area contributed by atoms with Gasteiger partial charge in [0.2, 0.25) is 0 Å². The average Bonchev–Trinajstić information content (AvgIpc) is 2.23. The molecule has 1 aromatic rings. The first-order valence-electron chi connectivity index (χ1n) is 5.34. The number of benzene rings is 1. The van der Waals surface area contributed by atoms with Gasteiger partial charge >= 0.3 is 5.97 Å². The summed E-state index contributed by atoms with van der Waals surface area (Å²) in [6, 6.07) is 5.35. The van der Waals surface area contributed by atoms with Crippen LogP contribution in [0.15, 0.2) is 22.7 Å². The van der Waals surface area contributed by atoms with Crippen LogP contribution in [0.5, 0.6) is 0 Å². The van der Waals surface area contributed by atoms with Crippen LogP contribution >= 0.6 is 15.9 Å². The topological polar surface area (TPSA) is 63.3 Å². The van der Waals surface area contributed by atoms with E-state index in [9.17, 15) is 9.90 Å². The summed E-state index contributed by atoms with van der Waals surface area (Å²) in [6.07, 6.45) is 2.51. The van der Waals surface area contributed by atoms with E-state index in [-0.39, 0.29) is 0 Å². The summed E-state index contributed by atoms with van der Waals surface area (Å²) in [5.41, 5.74) is 7.07. The molecule has 0 amide bonds. The first-order valence-corrected chi connectivity index (χ1v) is 6.13. The Morgan fingerprint density at radius 1 is 1.56 bits per heavy atom. The molecule has 0 saturated carbocycles. The lowest BCUT2D eigenvalue weighted by Gasteiger charge is -2.14. The first-order chi connectivity index (χ1) is 7.56. The van der Waals surface area contributed by atoms with E-state index in [2.05, 4.69) is 15.9 Å². The Morgan fingerprint density at radius 3 is 2.81 bits per heavy atom. The highest BCUT2D eigenvalue weighted by Crippen LogP contribution is 2.29. The van der Waals surface area contributed by atoms with Gasteiger partial charge in [-0.3, -0.25) is 4.79 Å². The van der Waals surface area contributed by atoms with Crippen molar-refractivity contribution in [2.45, 2.75) is 32.1 Å². The van der Waals surface area contributed by atoms with E-state index >= 15 is 0 Å². The third-order valence-corrected chi connectivity index (χ3v) is 3.06. The number of anilines is 1. The SMILES string of the molecule is CCCCC(C(=O)O)c1cc(Br)ccc1N. The molecule has 88 valence electrons. The van der Waals surface area contributed by atoms with Crippen LogP contribution in [0, 0.1) is 0 Å². The number of hydrogen-bond acceptors (Lipinski definition) is 2. The predicted octanol–water partition coefficient (Wildman–Crippen LogP) is 3.39. The molecule has 0 bridgehead atoms. The third kappa shape index (κ3) is 3.23. The maximum absolute atomic E-state index is 11.2. The monoisotopic (exact) mass is 285 g/mol. The van der Waals surface area contributed by atoms with Gasteiger partial charge in [0.15, 0.2) is 0 Å². The quantitative estimate of drug-likeness (QED) is 0.815. The van der Waals surface area contributed by atoms with Crippen molar-refractivity contribution in [2.75, 3.05) is 5.73 Å². The van der Waals surface area contributed by atoms with E-state index < -0.39 is 11.9 Å². The highest BCUT2D eigenvalue weighted by Gasteiger charge is 2.21. The molecule has 0 fully saturated rings. The van der Waals surface area contributed by atoms with Gasteiger partial charge < -0.3 is 10.8 Å². The number of carboxylic acids is 1. The third-order valence-electron chi connectivity index (χ3n) is 2.57. The Balaban J connectivity index is 3.00. The number of nitrogens with two attached hydrogens (primary N) is 1. The lowest BCUT2D eigenvalue weighted by atomic mass is 9.92. The van der Waals surface area contributed by atoms with E-state index in [1.807, 2.05) is 13.0 Å². The van der Waals surface area contributed by atoms with Gasteiger partial charge in [-0.15, -0.1) is 0 Å². The molecule has 0 aliphatic rings. The predicted molar refractivity (Wildman–Crippen MR) is 68.5 cm³/mol.